The van der Waals surface area contributed by atoms with Crippen molar-refractivity contribution >= 4 is 39.5 Å². The quantitative estimate of drug-likeness (QED) is 0.615. The van der Waals surface area contributed by atoms with Gasteiger partial charge in [0.25, 0.3) is 0 Å². The van der Waals surface area contributed by atoms with Gasteiger partial charge in [0, 0.05) is 42.4 Å². The second-order valence-electron chi connectivity index (χ2n) is 7.58. The second kappa shape index (κ2) is 7.93. The molecular formula is C20H22Cl2N4O3S. The number of halogens is 2. The van der Waals surface area contributed by atoms with Crippen LogP contribution in [0.15, 0.2) is 18.2 Å². The summed E-state index contributed by atoms with van der Waals surface area (Å²) in [5, 5.41) is 16.6. The fraction of sp³-hybridized carbons (Fsp3) is 0.500. The number of likely N-dealkylation sites (tertiary alicyclic amines) is 1. The van der Waals surface area contributed by atoms with Crippen molar-refractivity contribution in [2.24, 2.45) is 0 Å². The highest BCUT2D eigenvalue weighted by molar-refractivity contribution is 7.17. The molecule has 7 nitrogen and oxygen atoms in total. The molecule has 3 aromatic rings. The molecule has 2 fully saturated rings. The zero-order valence-corrected chi connectivity index (χ0v) is 18.8. The van der Waals surface area contributed by atoms with Gasteiger partial charge in [-0.25, -0.2) is 4.98 Å². The fourth-order valence-corrected chi connectivity index (χ4v) is 5.89. The number of piperidine rings is 1. The lowest BCUT2D eigenvalue weighted by Crippen LogP contribution is -2.46. The predicted molar refractivity (Wildman–Crippen MR) is 116 cm³/mol. The molecule has 1 N–H and O–H groups in total. The number of benzene rings is 1. The lowest BCUT2D eigenvalue weighted by Gasteiger charge is -2.41. The van der Waals surface area contributed by atoms with Gasteiger partial charge in [-0.05, 0) is 17.7 Å². The molecule has 1 aromatic carbocycles. The monoisotopic (exact) mass is 468 g/mol. The number of aryl methyl sites for hydroxylation is 1. The van der Waals surface area contributed by atoms with E-state index in [2.05, 4.69) is 15.0 Å². The summed E-state index contributed by atoms with van der Waals surface area (Å²) in [4.78, 5) is 8.27. The normalized spacial score (nSPS) is 20.4. The summed E-state index contributed by atoms with van der Waals surface area (Å²) < 4.78 is 13.3. The Bertz CT molecular complexity index is 1070. The molecule has 5 rings (SSSR count). The second-order valence-corrected chi connectivity index (χ2v) is 9.43. The minimum Gasteiger partial charge on any atom is -0.492 e. The van der Waals surface area contributed by atoms with Gasteiger partial charge in [0.15, 0.2) is 11.6 Å². The highest BCUT2D eigenvalue weighted by Crippen LogP contribution is 2.44. The van der Waals surface area contributed by atoms with E-state index in [1.807, 2.05) is 19.1 Å². The number of aromatic nitrogens is 3. The smallest absolute Gasteiger partial charge is 0.230 e. The van der Waals surface area contributed by atoms with Gasteiger partial charge in [-0.2, -0.15) is 4.52 Å². The Morgan fingerprint density at radius 1 is 1.23 bits per heavy atom. The van der Waals surface area contributed by atoms with Crippen molar-refractivity contribution in [1.82, 2.24) is 19.5 Å². The van der Waals surface area contributed by atoms with Crippen LogP contribution in [0.2, 0.25) is 10.0 Å². The maximum Gasteiger partial charge on any atom is 0.230 e. The molecule has 0 aliphatic carbocycles. The lowest BCUT2D eigenvalue weighted by molar-refractivity contribution is -0.187. The molecule has 2 aliphatic heterocycles. The molecule has 160 valence electrons. The predicted octanol–water partition coefficient (Wildman–Crippen LogP) is 4.29. The van der Waals surface area contributed by atoms with Gasteiger partial charge in [0.2, 0.25) is 10.8 Å². The lowest BCUT2D eigenvalue weighted by atomic mass is 9.97. The van der Waals surface area contributed by atoms with Gasteiger partial charge in [0.1, 0.15) is 0 Å². The summed E-state index contributed by atoms with van der Waals surface area (Å²) in [5.74, 6) is 0.334. The molecule has 30 heavy (non-hydrogen) atoms. The van der Waals surface area contributed by atoms with Crippen LogP contribution in [0, 0.1) is 0 Å². The Morgan fingerprint density at radius 3 is 2.60 bits per heavy atom. The first-order valence-corrected chi connectivity index (χ1v) is 11.6. The molecule has 10 heteroatoms. The average molecular weight is 469 g/mol. The Kier molecular flexibility index (Phi) is 5.41. The van der Waals surface area contributed by atoms with Crippen LogP contribution in [0.1, 0.15) is 42.1 Å². The van der Waals surface area contributed by atoms with E-state index in [1.165, 1.54) is 15.9 Å². The first-order chi connectivity index (χ1) is 14.5. The van der Waals surface area contributed by atoms with Gasteiger partial charge in [-0.15, -0.1) is 5.10 Å². The van der Waals surface area contributed by atoms with Gasteiger partial charge in [-0.1, -0.05) is 47.5 Å². The number of hydrogen-bond acceptors (Lipinski definition) is 7. The van der Waals surface area contributed by atoms with Crippen molar-refractivity contribution in [1.29, 1.82) is 0 Å². The Labute approximate surface area is 188 Å². The largest absolute Gasteiger partial charge is 0.492 e. The summed E-state index contributed by atoms with van der Waals surface area (Å²) in [7, 11) is 0. The minimum atomic E-state index is -0.478. The third-order valence-corrected chi connectivity index (χ3v) is 7.44. The zero-order valence-electron chi connectivity index (χ0n) is 16.5. The molecule has 2 aromatic heterocycles. The summed E-state index contributed by atoms with van der Waals surface area (Å²) in [6, 6.07) is 5.25. The van der Waals surface area contributed by atoms with Crippen LogP contribution < -0.4 is 0 Å². The summed E-state index contributed by atoms with van der Waals surface area (Å²) >= 11 is 14.2. The summed E-state index contributed by atoms with van der Waals surface area (Å²) in [6.45, 7) is 4.76. The van der Waals surface area contributed by atoms with Gasteiger partial charge in [-0.3, -0.25) is 4.90 Å². The van der Waals surface area contributed by atoms with Gasteiger partial charge >= 0.3 is 0 Å². The highest BCUT2D eigenvalue weighted by Gasteiger charge is 2.42. The molecule has 0 unspecified atom stereocenters. The Hall–Kier alpha value is -1.42. The summed E-state index contributed by atoms with van der Waals surface area (Å²) in [5.41, 5.74) is 0.890. The highest BCUT2D eigenvalue weighted by atomic mass is 35.5. The Morgan fingerprint density at radius 2 is 1.97 bits per heavy atom. The van der Waals surface area contributed by atoms with Crippen LogP contribution in [-0.2, 0) is 15.9 Å². The van der Waals surface area contributed by atoms with E-state index in [9.17, 15) is 5.11 Å². The first-order valence-electron chi connectivity index (χ1n) is 10.0. The van der Waals surface area contributed by atoms with Crippen LogP contribution in [0.4, 0.5) is 0 Å². The molecule has 0 saturated carbocycles. The zero-order chi connectivity index (χ0) is 20.9. The third-order valence-electron chi connectivity index (χ3n) is 5.80. The Balaban J connectivity index is 1.55. The first kappa shape index (κ1) is 20.5. The fourth-order valence-electron chi connectivity index (χ4n) is 4.25. The molecule has 1 spiro atoms. The van der Waals surface area contributed by atoms with Crippen molar-refractivity contribution in [3.8, 4) is 5.88 Å². The molecule has 2 saturated heterocycles. The van der Waals surface area contributed by atoms with E-state index in [-0.39, 0.29) is 11.9 Å². The van der Waals surface area contributed by atoms with E-state index in [0.717, 1.165) is 36.4 Å². The number of thiazole rings is 1. The van der Waals surface area contributed by atoms with E-state index < -0.39 is 5.79 Å². The molecule has 4 heterocycles. The molecule has 2 aliphatic rings. The molecule has 0 amide bonds. The van der Waals surface area contributed by atoms with E-state index in [4.69, 9.17) is 32.7 Å². The molecular weight excluding hydrogens is 447 g/mol. The van der Waals surface area contributed by atoms with E-state index in [0.29, 0.717) is 40.5 Å². The minimum absolute atomic E-state index is 0.104. The van der Waals surface area contributed by atoms with Crippen molar-refractivity contribution in [2.45, 2.75) is 38.0 Å². The maximum atomic E-state index is 11.0. The number of rotatable bonds is 4. The maximum absolute atomic E-state index is 11.0. The number of fused-ring (bicyclic) bond motifs is 1. The van der Waals surface area contributed by atoms with Crippen LogP contribution in [0.5, 0.6) is 5.88 Å². The van der Waals surface area contributed by atoms with Gasteiger partial charge < -0.3 is 14.6 Å². The van der Waals surface area contributed by atoms with Crippen molar-refractivity contribution in [2.75, 3.05) is 26.3 Å². The number of nitrogens with zero attached hydrogens (tertiary/aromatic N) is 4. The number of aromatic hydroxyl groups is 1. The number of hydrogen-bond donors (Lipinski definition) is 1. The summed E-state index contributed by atoms with van der Waals surface area (Å²) in [6.07, 6.45) is 2.23. The topological polar surface area (TPSA) is 72.1 Å². The average Bonchev–Trinajstić information content (AvgIpc) is 3.43. The molecule has 1 atom stereocenters. The standard InChI is InChI=1S/C20H22Cl2N4O3S/c1-2-15-23-19-26(24-15)18(27)17(30-19)16(13-4-3-12(21)11-14(13)22)25-7-5-20(6-8-25)28-9-10-29-20/h3-4,11,16,27H,2,5-10H2,1H3/t16-/m0/s1. The van der Waals surface area contributed by atoms with Gasteiger partial charge in [0.05, 0.1) is 24.1 Å². The molecule has 0 bridgehead atoms. The molecule has 0 radical (unpaired) electrons. The van der Waals surface area contributed by atoms with Crippen molar-refractivity contribution in [3.63, 3.8) is 0 Å². The van der Waals surface area contributed by atoms with Crippen molar-refractivity contribution < 1.29 is 14.6 Å². The van der Waals surface area contributed by atoms with Crippen LogP contribution in [0.25, 0.3) is 4.96 Å². The van der Waals surface area contributed by atoms with Crippen molar-refractivity contribution in [3.05, 3.63) is 44.5 Å². The van der Waals surface area contributed by atoms with E-state index in [1.54, 1.807) is 6.07 Å². The van der Waals surface area contributed by atoms with Crippen LogP contribution in [0.3, 0.4) is 0 Å². The number of ether oxygens (including phenoxy) is 2. The van der Waals surface area contributed by atoms with Crippen LogP contribution >= 0.6 is 34.5 Å². The van der Waals surface area contributed by atoms with Crippen LogP contribution in [-0.4, -0.2) is 56.7 Å². The van der Waals surface area contributed by atoms with E-state index >= 15 is 0 Å². The third kappa shape index (κ3) is 3.49. The SMILES string of the molecule is CCc1nc2sc([C@H](c3ccc(Cl)cc3Cl)N3CCC4(CC3)OCCO4)c(O)n2n1.